The third kappa shape index (κ3) is 6.64. The molecular formula is C13H15F3N2O3. The van der Waals surface area contributed by atoms with E-state index in [4.69, 9.17) is 0 Å². The number of alkyl halides is 3. The maximum absolute atomic E-state index is 11.9. The molecule has 1 rings (SSSR count). The Morgan fingerprint density at radius 1 is 1.19 bits per heavy atom. The van der Waals surface area contributed by atoms with Crippen LogP contribution in [-0.2, 0) is 4.74 Å². The number of halogens is 3. The molecule has 0 aliphatic heterocycles. The molecule has 2 amide bonds. The monoisotopic (exact) mass is 304 g/mol. The van der Waals surface area contributed by atoms with E-state index in [1.54, 1.807) is 0 Å². The summed E-state index contributed by atoms with van der Waals surface area (Å²) in [5, 5.41) is 4.81. The summed E-state index contributed by atoms with van der Waals surface area (Å²) in [5.41, 5.74) is 0.598. The van der Waals surface area contributed by atoms with Crippen molar-refractivity contribution in [2.75, 3.05) is 11.9 Å². The van der Waals surface area contributed by atoms with E-state index in [1.165, 1.54) is 24.3 Å². The van der Waals surface area contributed by atoms with Crippen LogP contribution < -0.4 is 10.6 Å². The van der Waals surface area contributed by atoms with Crippen molar-refractivity contribution in [3.8, 4) is 0 Å². The van der Waals surface area contributed by atoms with Crippen LogP contribution in [0.1, 0.15) is 24.2 Å². The number of benzene rings is 1. The second-order valence-corrected chi connectivity index (χ2v) is 4.52. The van der Waals surface area contributed by atoms with Gasteiger partial charge in [0, 0.05) is 17.3 Å². The van der Waals surface area contributed by atoms with Gasteiger partial charge in [-0.1, -0.05) is 0 Å². The molecule has 0 spiro atoms. The van der Waals surface area contributed by atoms with Crippen LogP contribution in [0, 0.1) is 0 Å². The predicted octanol–water partition coefficient (Wildman–Crippen LogP) is 2.94. The number of carbonyl (C=O) groups excluding carboxylic acids is 2. The van der Waals surface area contributed by atoms with Crippen molar-refractivity contribution in [3.63, 3.8) is 0 Å². The van der Waals surface area contributed by atoms with Crippen LogP contribution >= 0.6 is 0 Å². The minimum atomic E-state index is -4.57. The van der Waals surface area contributed by atoms with Crippen LogP contribution in [0.4, 0.5) is 23.7 Å². The lowest BCUT2D eigenvalue weighted by atomic mass is 10.2. The first-order valence-electron chi connectivity index (χ1n) is 6.09. The molecule has 5 nitrogen and oxygen atoms in total. The molecular weight excluding hydrogens is 289 g/mol. The Hall–Kier alpha value is -2.25. The average molecular weight is 304 g/mol. The maximum atomic E-state index is 11.9. The molecule has 1 aromatic carbocycles. The van der Waals surface area contributed by atoms with Crippen molar-refractivity contribution in [2.45, 2.75) is 26.1 Å². The Kier molecular flexibility index (Phi) is 5.57. The van der Waals surface area contributed by atoms with Gasteiger partial charge in [-0.15, -0.1) is 0 Å². The van der Waals surface area contributed by atoms with E-state index in [9.17, 15) is 22.8 Å². The zero-order valence-electron chi connectivity index (χ0n) is 11.5. The molecule has 0 atom stereocenters. The van der Waals surface area contributed by atoms with Crippen LogP contribution in [0.25, 0.3) is 0 Å². The Morgan fingerprint density at radius 3 is 2.24 bits per heavy atom. The minimum absolute atomic E-state index is 0.0207. The summed E-state index contributed by atoms with van der Waals surface area (Å²) in [6, 6.07) is 5.65. The highest BCUT2D eigenvalue weighted by Crippen LogP contribution is 2.15. The zero-order valence-corrected chi connectivity index (χ0v) is 11.5. The summed E-state index contributed by atoms with van der Waals surface area (Å²) >= 11 is 0. The van der Waals surface area contributed by atoms with Gasteiger partial charge in [0.25, 0.3) is 5.91 Å². The van der Waals surface area contributed by atoms with Crippen LogP contribution in [0.15, 0.2) is 24.3 Å². The van der Waals surface area contributed by atoms with Crippen molar-refractivity contribution in [1.82, 2.24) is 5.32 Å². The summed E-state index contributed by atoms with van der Waals surface area (Å²) in [6.07, 6.45) is -5.79. The highest BCUT2D eigenvalue weighted by molar-refractivity contribution is 5.95. The number of ether oxygens (including phenoxy) is 1. The van der Waals surface area contributed by atoms with E-state index in [0.29, 0.717) is 5.56 Å². The summed E-state index contributed by atoms with van der Waals surface area (Å²) in [5.74, 6) is -0.281. The second-order valence-electron chi connectivity index (χ2n) is 4.52. The SMILES string of the molecule is CC(C)NC(=O)c1ccc(NC(=O)OCC(F)(F)F)cc1. The molecule has 0 heterocycles. The topological polar surface area (TPSA) is 67.4 Å². The van der Waals surface area contributed by atoms with E-state index in [2.05, 4.69) is 15.4 Å². The molecule has 0 bridgehead atoms. The molecule has 0 saturated heterocycles. The number of carbonyl (C=O) groups is 2. The molecule has 0 aliphatic rings. The number of amides is 2. The lowest BCUT2D eigenvalue weighted by molar-refractivity contribution is -0.159. The van der Waals surface area contributed by atoms with E-state index in [-0.39, 0.29) is 17.6 Å². The third-order valence-corrected chi connectivity index (χ3v) is 2.18. The third-order valence-electron chi connectivity index (χ3n) is 2.18. The summed E-state index contributed by atoms with van der Waals surface area (Å²) in [4.78, 5) is 22.8. The summed E-state index contributed by atoms with van der Waals surface area (Å²) in [6.45, 7) is 1.96. The maximum Gasteiger partial charge on any atom is 0.422 e. The molecule has 0 aliphatic carbocycles. The first kappa shape index (κ1) is 16.8. The summed E-state index contributed by atoms with van der Waals surface area (Å²) in [7, 11) is 0. The van der Waals surface area contributed by atoms with Gasteiger partial charge in [-0.3, -0.25) is 10.1 Å². The number of nitrogens with one attached hydrogen (secondary N) is 2. The normalized spacial score (nSPS) is 11.1. The fraction of sp³-hybridized carbons (Fsp3) is 0.385. The van der Waals surface area contributed by atoms with Crippen molar-refractivity contribution in [2.24, 2.45) is 0 Å². The van der Waals surface area contributed by atoms with Gasteiger partial charge in [0.05, 0.1) is 0 Å². The van der Waals surface area contributed by atoms with E-state index in [1.807, 2.05) is 13.8 Å². The van der Waals surface area contributed by atoms with Gasteiger partial charge >= 0.3 is 12.3 Å². The smallest absolute Gasteiger partial charge is 0.422 e. The molecule has 0 radical (unpaired) electrons. The van der Waals surface area contributed by atoms with Crippen molar-refractivity contribution < 1.29 is 27.5 Å². The number of rotatable bonds is 4. The van der Waals surface area contributed by atoms with E-state index >= 15 is 0 Å². The van der Waals surface area contributed by atoms with Gasteiger partial charge in [-0.25, -0.2) is 4.79 Å². The van der Waals surface area contributed by atoms with Gasteiger partial charge in [-0.2, -0.15) is 13.2 Å². The van der Waals surface area contributed by atoms with Gasteiger partial charge in [0.1, 0.15) is 0 Å². The number of anilines is 1. The molecule has 2 N–H and O–H groups in total. The Morgan fingerprint density at radius 2 is 1.76 bits per heavy atom. The Bertz CT molecular complexity index is 498. The van der Waals surface area contributed by atoms with Gasteiger partial charge < -0.3 is 10.1 Å². The molecule has 1 aromatic rings. The number of hydrogen-bond acceptors (Lipinski definition) is 3. The Labute approximate surface area is 119 Å². The van der Waals surface area contributed by atoms with Gasteiger partial charge in [0.2, 0.25) is 0 Å². The molecule has 116 valence electrons. The van der Waals surface area contributed by atoms with Crippen LogP contribution in [0.5, 0.6) is 0 Å². The highest BCUT2D eigenvalue weighted by Gasteiger charge is 2.29. The summed E-state index contributed by atoms with van der Waals surface area (Å²) < 4.78 is 39.5. The Balaban J connectivity index is 2.55. The molecule has 0 unspecified atom stereocenters. The average Bonchev–Trinajstić information content (AvgIpc) is 2.35. The van der Waals surface area contributed by atoms with Crippen LogP contribution in [0.3, 0.4) is 0 Å². The van der Waals surface area contributed by atoms with Crippen molar-refractivity contribution >= 4 is 17.7 Å². The largest absolute Gasteiger partial charge is 0.440 e. The molecule has 0 saturated carbocycles. The van der Waals surface area contributed by atoms with Crippen molar-refractivity contribution in [1.29, 1.82) is 0 Å². The first-order valence-corrected chi connectivity index (χ1v) is 6.09. The van der Waals surface area contributed by atoms with Crippen LogP contribution in [0.2, 0.25) is 0 Å². The molecule has 8 heteroatoms. The van der Waals surface area contributed by atoms with Crippen molar-refractivity contribution in [3.05, 3.63) is 29.8 Å². The first-order chi connectivity index (χ1) is 9.67. The van der Waals surface area contributed by atoms with E-state index < -0.39 is 18.9 Å². The number of hydrogen-bond donors (Lipinski definition) is 2. The molecule has 0 fully saturated rings. The zero-order chi connectivity index (χ0) is 16.0. The predicted molar refractivity (Wildman–Crippen MR) is 70.1 cm³/mol. The van der Waals surface area contributed by atoms with Gasteiger partial charge in [0.15, 0.2) is 6.61 Å². The second kappa shape index (κ2) is 6.96. The fourth-order valence-corrected chi connectivity index (χ4v) is 1.35. The fourth-order valence-electron chi connectivity index (χ4n) is 1.35. The van der Waals surface area contributed by atoms with Gasteiger partial charge in [-0.05, 0) is 38.1 Å². The standard InChI is InChI=1S/C13H15F3N2O3/c1-8(2)17-11(19)9-3-5-10(6-4-9)18-12(20)21-7-13(14,15)16/h3-6,8H,7H2,1-2H3,(H,17,19)(H,18,20). The minimum Gasteiger partial charge on any atom is -0.440 e. The van der Waals surface area contributed by atoms with Crippen LogP contribution in [-0.4, -0.2) is 30.8 Å². The quantitative estimate of drug-likeness (QED) is 0.898. The molecule has 21 heavy (non-hydrogen) atoms. The lowest BCUT2D eigenvalue weighted by Crippen LogP contribution is -2.30. The lowest BCUT2D eigenvalue weighted by Gasteiger charge is -2.10. The van der Waals surface area contributed by atoms with E-state index in [0.717, 1.165) is 0 Å². The molecule has 0 aromatic heterocycles. The highest BCUT2D eigenvalue weighted by atomic mass is 19.4.